The molecule has 1 atom stereocenters. The van der Waals surface area contributed by atoms with Crippen molar-refractivity contribution in [2.45, 2.75) is 18.8 Å². The molecule has 0 spiro atoms. The normalized spacial score (nSPS) is 15.6. The van der Waals surface area contributed by atoms with Gasteiger partial charge < -0.3 is 20.1 Å². The van der Waals surface area contributed by atoms with E-state index in [4.69, 9.17) is 5.11 Å². The Balaban J connectivity index is 2.07. The Hall–Kier alpha value is -4.42. The molecular weight excluding hydrogens is 490 g/mol. The Morgan fingerprint density at radius 2 is 1.83 bits per heavy atom. The van der Waals surface area contributed by atoms with E-state index in [-0.39, 0.29) is 17.7 Å². The second kappa shape index (κ2) is 10.5. The lowest BCUT2D eigenvalue weighted by molar-refractivity contribution is -0.274. The Morgan fingerprint density at radius 3 is 2.50 bits per heavy atom. The molecule has 3 rings (SSSR count). The summed E-state index contributed by atoms with van der Waals surface area (Å²) in [6.07, 6.45) is -3.25. The van der Waals surface area contributed by atoms with Gasteiger partial charge >= 0.3 is 18.4 Å². The number of carboxylic acid groups (broad SMARTS) is 1. The van der Waals surface area contributed by atoms with Crippen LogP contribution in [0.25, 0.3) is 11.1 Å². The highest BCUT2D eigenvalue weighted by atomic mass is 19.4. The van der Waals surface area contributed by atoms with Gasteiger partial charge in [-0.3, -0.25) is 19.3 Å². The molecule has 1 aliphatic rings. The zero-order chi connectivity index (χ0) is 26.6. The number of amides is 3. The summed E-state index contributed by atoms with van der Waals surface area (Å²) in [5.41, 5.74) is -0.234. The largest absolute Gasteiger partial charge is 0.573 e. The van der Waals surface area contributed by atoms with Crippen LogP contribution >= 0.6 is 0 Å². The fourth-order valence-corrected chi connectivity index (χ4v) is 3.38. The van der Waals surface area contributed by atoms with Crippen molar-refractivity contribution in [2.24, 2.45) is 0 Å². The maximum Gasteiger partial charge on any atom is 0.573 e. The van der Waals surface area contributed by atoms with Crippen LogP contribution in [0.3, 0.4) is 0 Å². The van der Waals surface area contributed by atoms with Crippen LogP contribution in [0.1, 0.15) is 6.42 Å². The highest BCUT2D eigenvalue weighted by Crippen LogP contribution is 2.33. The average molecular weight is 509 g/mol. The van der Waals surface area contributed by atoms with Gasteiger partial charge in [0.05, 0.1) is 12.1 Å². The standard InChI is InChI=1S/C23H19F4N3O6/c1-29-10-8-18(31)20(21(29)34)30(22(35)28-9-7-19(32)33)17-12-14(5-6-16(17)24)13-3-2-4-15(11-13)36-23(25,26)27/h2-6,8,10-12,20H,7,9H2,1H3,(H,28,35)(H,32,33)/t20-/m0/s1. The number of carboxylic acids is 1. The van der Waals surface area contributed by atoms with Gasteiger partial charge in [-0.1, -0.05) is 18.2 Å². The number of carbonyl (C=O) groups excluding carboxylic acids is 3. The summed E-state index contributed by atoms with van der Waals surface area (Å²) in [4.78, 5) is 50.8. The molecule has 0 aliphatic carbocycles. The van der Waals surface area contributed by atoms with Crippen molar-refractivity contribution in [1.82, 2.24) is 10.2 Å². The maximum absolute atomic E-state index is 15.0. The predicted molar refractivity (Wildman–Crippen MR) is 117 cm³/mol. The van der Waals surface area contributed by atoms with E-state index >= 15 is 4.39 Å². The van der Waals surface area contributed by atoms with Crippen LogP contribution in [-0.4, -0.2) is 59.7 Å². The van der Waals surface area contributed by atoms with Crippen LogP contribution in [0.5, 0.6) is 5.75 Å². The molecule has 2 N–H and O–H groups in total. The molecule has 0 saturated heterocycles. The quantitative estimate of drug-likeness (QED) is 0.437. The smallest absolute Gasteiger partial charge is 0.481 e. The highest BCUT2D eigenvalue weighted by molar-refractivity contribution is 6.19. The van der Waals surface area contributed by atoms with Crippen molar-refractivity contribution >= 4 is 29.4 Å². The Morgan fingerprint density at radius 1 is 1.14 bits per heavy atom. The number of hydrogen-bond acceptors (Lipinski definition) is 5. The van der Waals surface area contributed by atoms with Gasteiger partial charge in [-0.2, -0.15) is 0 Å². The Bertz CT molecular complexity index is 1230. The van der Waals surface area contributed by atoms with Crippen LogP contribution in [0, 0.1) is 5.82 Å². The molecule has 0 saturated carbocycles. The van der Waals surface area contributed by atoms with E-state index in [9.17, 15) is 32.3 Å². The summed E-state index contributed by atoms with van der Waals surface area (Å²) in [5.74, 6) is -4.49. The van der Waals surface area contributed by atoms with E-state index in [1.807, 2.05) is 0 Å². The summed E-state index contributed by atoms with van der Waals surface area (Å²) >= 11 is 0. The highest BCUT2D eigenvalue weighted by Gasteiger charge is 2.40. The molecule has 0 aromatic heterocycles. The van der Waals surface area contributed by atoms with Crippen molar-refractivity contribution < 1.29 is 46.6 Å². The number of nitrogens with one attached hydrogen (secondary N) is 1. The summed E-state index contributed by atoms with van der Waals surface area (Å²) in [6, 6.07) is 5.05. The fourth-order valence-electron chi connectivity index (χ4n) is 3.38. The number of rotatable bonds is 7. The molecule has 0 radical (unpaired) electrons. The monoisotopic (exact) mass is 509 g/mol. The molecule has 0 bridgehead atoms. The van der Waals surface area contributed by atoms with E-state index in [2.05, 4.69) is 10.1 Å². The van der Waals surface area contributed by atoms with Gasteiger partial charge in [-0.25, -0.2) is 9.18 Å². The van der Waals surface area contributed by atoms with Crippen molar-refractivity contribution in [2.75, 3.05) is 18.5 Å². The SMILES string of the molecule is CN1C=CC(=O)[C@H](N(C(=O)NCCC(=O)O)c2cc(-c3cccc(OC(F)(F)F)c3)ccc2F)C1=O. The van der Waals surface area contributed by atoms with Gasteiger partial charge in [0.1, 0.15) is 11.6 Å². The first-order chi connectivity index (χ1) is 16.9. The van der Waals surface area contributed by atoms with Crippen LogP contribution in [0.2, 0.25) is 0 Å². The number of halogens is 4. The minimum Gasteiger partial charge on any atom is -0.481 e. The van der Waals surface area contributed by atoms with E-state index in [0.717, 1.165) is 35.2 Å². The molecule has 9 nitrogen and oxygen atoms in total. The molecule has 0 fully saturated rings. The number of likely N-dealkylation sites (N-methyl/N-ethyl adjacent to an activating group) is 1. The van der Waals surface area contributed by atoms with Gasteiger partial charge in [0.25, 0.3) is 5.91 Å². The molecule has 2 aromatic carbocycles. The second-order valence-electron chi connectivity index (χ2n) is 7.56. The lowest BCUT2D eigenvalue weighted by Crippen LogP contribution is -2.57. The minimum absolute atomic E-state index is 0.141. The number of aliphatic carboxylic acids is 1. The zero-order valence-corrected chi connectivity index (χ0v) is 18.6. The van der Waals surface area contributed by atoms with Crippen LogP contribution in [0.4, 0.5) is 28.0 Å². The van der Waals surface area contributed by atoms with Gasteiger partial charge in [-0.15, -0.1) is 13.2 Å². The van der Waals surface area contributed by atoms with Crippen LogP contribution in [0.15, 0.2) is 54.7 Å². The third-order valence-corrected chi connectivity index (χ3v) is 5.01. The molecule has 13 heteroatoms. The van der Waals surface area contributed by atoms with Gasteiger partial charge in [0.2, 0.25) is 0 Å². The topological polar surface area (TPSA) is 116 Å². The number of hydrogen-bond donors (Lipinski definition) is 2. The third-order valence-electron chi connectivity index (χ3n) is 5.01. The first-order valence-corrected chi connectivity index (χ1v) is 10.3. The number of carbonyl (C=O) groups is 4. The molecule has 2 aromatic rings. The number of ketones is 1. The van der Waals surface area contributed by atoms with E-state index in [1.54, 1.807) is 0 Å². The molecule has 1 aliphatic heterocycles. The minimum atomic E-state index is -4.95. The maximum atomic E-state index is 15.0. The fraction of sp³-hybridized carbons (Fsp3) is 0.217. The van der Waals surface area contributed by atoms with E-state index in [1.165, 1.54) is 31.4 Å². The number of alkyl halides is 3. The first kappa shape index (κ1) is 26.2. The number of urea groups is 1. The Labute approximate surface area is 201 Å². The summed E-state index contributed by atoms with van der Waals surface area (Å²) in [5, 5.41) is 11.1. The second-order valence-corrected chi connectivity index (χ2v) is 7.56. The number of nitrogens with zero attached hydrogens (tertiary/aromatic N) is 2. The third kappa shape index (κ3) is 6.17. The van der Waals surface area contributed by atoms with Crippen LogP contribution < -0.4 is 15.0 Å². The van der Waals surface area contributed by atoms with Crippen molar-refractivity contribution in [3.8, 4) is 16.9 Å². The van der Waals surface area contributed by atoms with Gasteiger partial charge in [0, 0.05) is 25.9 Å². The van der Waals surface area contributed by atoms with Crippen molar-refractivity contribution in [3.63, 3.8) is 0 Å². The average Bonchev–Trinajstić information content (AvgIpc) is 2.78. The molecule has 1 heterocycles. The predicted octanol–water partition coefficient (Wildman–Crippen LogP) is 3.31. The Kier molecular flexibility index (Phi) is 7.61. The summed E-state index contributed by atoms with van der Waals surface area (Å²) in [6.45, 7) is -0.385. The van der Waals surface area contributed by atoms with Gasteiger partial charge in [-0.05, 0) is 35.4 Å². The molecule has 36 heavy (non-hydrogen) atoms. The lowest BCUT2D eigenvalue weighted by atomic mass is 10.0. The number of anilines is 1. The zero-order valence-electron chi connectivity index (χ0n) is 18.6. The molecule has 0 unspecified atom stereocenters. The summed E-state index contributed by atoms with van der Waals surface area (Å²) in [7, 11) is 1.32. The molecule has 190 valence electrons. The van der Waals surface area contributed by atoms with E-state index in [0.29, 0.717) is 4.90 Å². The van der Waals surface area contributed by atoms with Crippen molar-refractivity contribution in [3.05, 3.63) is 60.6 Å². The lowest BCUT2D eigenvalue weighted by Gasteiger charge is -2.33. The number of ether oxygens (including phenoxy) is 1. The summed E-state index contributed by atoms with van der Waals surface area (Å²) < 4.78 is 56.8. The van der Waals surface area contributed by atoms with Crippen molar-refractivity contribution in [1.29, 1.82) is 0 Å². The first-order valence-electron chi connectivity index (χ1n) is 10.3. The molecular formula is C23H19F4N3O6. The van der Waals surface area contributed by atoms with Crippen LogP contribution in [-0.2, 0) is 14.4 Å². The molecule has 3 amide bonds. The van der Waals surface area contributed by atoms with E-state index < -0.39 is 59.8 Å². The van der Waals surface area contributed by atoms with Gasteiger partial charge in [0.15, 0.2) is 11.8 Å². The number of benzene rings is 2.